The number of aromatic nitrogens is 2. The number of anilines is 1. The summed E-state index contributed by atoms with van der Waals surface area (Å²) in [5, 5.41) is 2.77. The first kappa shape index (κ1) is 13.1. The topological polar surface area (TPSA) is 75.2 Å². The standard InChI is InChI=1S/C11H16N4O2/c1-8(2)14-10(17)6-15(3)11-12-4-9(7-16)5-13-11/h4-5,7-8H,6H2,1-3H3,(H,14,17). The lowest BCUT2D eigenvalue weighted by atomic mass is 10.4. The lowest BCUT2D eigenvalue weighted by Gasteiger charge is -2.17. The van der Waals surface area contributed by atoms with Gasteiger partial charge in [-0.25, -0.2) is 9.97 Å². The second-order valence-corrected chi connectivity index (χ2v) is 4.01. The van der Waals surface area contributed by atoms with Gasteiger partial charge in [0.15, 0.2) is 6.29 Å². The normalized spacial score (nSPS) is 10.1. The Morgan fingerprint density at radius 3 is 2.53 bits per heavy atom. The van der Waals surface area contributed by atoms with Gasteiger partial charge in [0.2, 0.25) is 11.9 Å². The van der Waals surface area contributed by atoms with Crippen molar-refractivity contribution < 1.29 is 9.59 Å². The third kappa shape index (κ3) is 4.18. The number of hydrogen-bond acceptors (Lipinski definition) is 5. The van der Waals surface area contributed by atoms with E-state index in [2.05, 4.69) is 15.3 Å². The summed E-state index contributed by atoms with van der Waals surface area (Å²) in [7, 11) is 1.72. The number of aldehydes is 1. The smallest absolute Gasteiger partial charge is 0.239 e. The summed E-state index contributed by atoms with van der Waals surface area (Å²) < 4.78 is 0. The van der Waals surface area contributed by atoms with Gasteiger partial charge in [0.25, 0.3) is 0 Å². The van der Waals surface area contributed by atoms with Crippen LogP contribution in [0, 0.1) is 0 Å². The van der Waals surface area contributed by atoms with E-state index in [0.717, 1.165) is 0 Å². The Kier molecular flexibility index (Phi) is 4.56. The molecular formula is C11H16N4O2. The van der Waals surface area contributed by atoms with Crippen LogP contribution in [-0.4, -0.2) is 41.8 Å². The number of amides is 1. The van der Waals surface area contributed by atoms with E-state index in [9.17, 15) is 9.59 Å². The summed E-state index contributed by atoms with van der Waals surface area (Å²) in [5.41, 5.74) is 0.411. The fourth-order valence-electron chi connectivity index (χ4n) is 1.24. The lowest BCUT2D eigenvalue weighted by molar-refractivity contribution is -0.120. The van der Waals surface area contributed by atoms with Crippen molar-refractivity contribution >= 4 is 18.1 Å². The Morgan fingerprint density at radius 2 is 2.06 bits per heavy atom. The van der Waals surface area contributed by atoms with Crippen LogP contribution in [-0.2, 0) is 4.79 Å². The van der Waals surface area contributed by atoms with Crippen LogP contribution in [0.15, 0.2) is 12.4 Å². The van der Waals surface area contributed by atoms with Gasteiger partial charge in [-0.3, -0.25) is 9.59 Å². The number of nitrogens with zero attached hydrogens (tertiary/aromatic N) is 3. The maximum absolute atomic E-state index is 11.5. The summed E-state index contributed by atoms with van der Waals surface area (Å²) in [6, 6.07) is 0.106. The van der Waals surface area contributed by atoms with E-state index in [0.29, 0.717) is 17.8 Å². The average Bonchev–Trinajstić information content (AvgIpc) is 2.28. The Labute approximate surface area is 100 Å². The van der Waals surface area contributed by atoms with Crippen LogP contribution >= 0.6 is 0 Å². The van der Waals surface area contributed by atoms with Crippen LogP contribution in [0.3, 0.4) is 0 Å². The van der Waals surface area contributed by atoms with E-state index in [-0.39, 0.29) is 18.5 Å². The number of rotatable bonds is 5. The molecule has 0 fully saturated rings. The molecule has 0 radical (unpaired) electrons. The zero-order chi connectivity index (χ0) is 12.8. The van der Waals surface area contributed by atoms with Crippen molar-refractivity contribution in [3.05, 3.63) is 18.0 Å². The van der Waals surface area contributed by atoms with E-state index >= 15 is 0 Å². The number of nitrogens with one attached hydrogen (secondary N) is 1. The molecule has 0 aromatic carbocycles. The largest absolute Gasteiger partial charge is 0.352 e. The van der Waals surface area contributed by atoms with Crippen molar-refractivity contribution in [2.24, 2.45) is 0 Å². The molecule has 6 nitrogen and oxygen atoms in total. The zero-order valence-electron chi connectivity index (χ0n) is 10.2. The predicted octanol–water partition coefficient (Wildman–Crippen LogP) is 0.250. The molecule has 1 amide bonds. The van der Waals surface area contributed by atoms with Crippen LogP contribution in [0.25, 0.3) is 0 Å². The van der Waals surface area contributed by atoms with Gasteiger partial charge in [-0.2, -0.15) is 0 Å². The number of hydrogen-bond donors (Lipinski definition) is 1. The molecule has 1 heterocycles. The summed E-state index contributed by atoms with van der Waals surface area (Å²) >= 11 is 0. The molecule has 1 N–H and O–H groups in total. The van der Waals surface area contributed by atoms with Gasteiger partial charge in [-0.1, -0.05) is 0 Å². The first-order valence-electron chi connectivity index (χ1n) is 5.30. The molecule has 0 unspecified atom stereocenters. The molecule has 1 rings (SSSR count). The average molecular weight is 236 g/mol. The van der Waals surface area contributed by atoms with Gasteiger partial charge >= 0.3 is 0 Å². The number of likely N-dealkylation sites (N-methyl/N-ethyl adjacent to an activating group) is 1. The summed E-state index contributed by atoms with van der Waals surface area (Å²) in [5.74, 6) is 0.320. The molecule has 1 aromatic rings. The van der Waals surface area contributed by atoms with Crippen LogP contribution in [0.1, 0.15) is 24.2 Å². The van der Waals surface area contributed by atoms with E-state index in [1.807, 2.05) is 13.8 Å². The molecule has 0 aliphatic heterocycles. The molecule has 6 heteroatoms. The van der Waals surface area contributed by atoms with Crippen LogP contribution in [0.2, 0.25) is 0 Å². The zero-order valence-corrected chi connectivity index (χ0v) is 10.2. The van der Waals surface area contributed by atoms with Crippen LogP contribution in [0.5, 0.6) is 0 Å². The fraction of sp³-hybridized carbons (Fsp3) is 0.455. The highest BCUT2D eigenvalue weighted by Gasteiger charge is 2.10. The third-order valence-corrected chi connectivity index (χ3v) is 1.97. The molecule has 0 atom stereocenters. The van der Waals surface area contributed by atoms with Crippen molar-refractivity contribution in [3.63, 3.8) is 0 Å². The third-order valence-electron chi connectivity index (χ3n) is 1.97. The van der Waals surface area contributed by atoms with Crippen molar-refractivity contribution in [1.82, 2.24) is 15.3 Å². The Hall–Kier alpha value is -1.98. The molecule has 92 valence electrons. The number of carbonyl (C=O) groups excluding carboxylic acids is 2. The molecule has 1 aromatic heterocycles. The molecule has 0 saturated heterocycles. The summed E-state index contributed by atoms with van der Waals surface area (Å²) in [6.07, 6.45) is 3.52. The van der Waals surface area contributed by atoms with E-state index < -0.39 is 0 Å². The molecule has 17 heavy (non-hydrogen) atoms. The quantitative estimate of drug-likeness (QED) is 0.742. The van der Waals surface area contributed by atoms with Crippen LogP contribution in [0.4, 0.5) is 5.95 Å². The molecule has 0 saturated carbocycles. The minimum atomic E-state index is -0.0921. The van der Waals surface area contributed by atoms with Gasteiger partial charge in [-0.15, -0.1) is 0 Å². The molecule has 0 aliphatic rings. The number of carbonyl (C=O) groups is 2. The van der Waals surface area contributed by atoms with Gasteiger partial charge < -0.3 is 10.2 Å². The minimum absolute atomic E-state index is 0.0921. The first-order valence-corrected chi connectivity index (χ1v) is 5.30. The van der Waals surface area contributed by atoms with Crippen LogP contribution < -0.4 is 10.2 Å². The van der Waals surface area contributed by atoms with E-state index in [4.69, 9.17) is 0 Å². The monoisotopic (exact) mass is 236 g/mol. The Bertz CT molecular complexity index is 389. The fourth-order valence-corrected chi connectivity index (χ4v) is 1.24. The van der Waals surface area contributed by atoms with Gasteiger partial charge in [0, 0.05) is 25.5 Å². The molecule has 0 aliphatic carbocycles. The maximum atomic E-state index is 11.5. The summed E-state index contributed by atoms with van der Waals surface area (Å²) in [6.45, 7) is 3.97. The highest BCUT2D eigenvalue weighted by Crippen LogP contribution is 2.03. The maximum Gasteiger partial charge on any atom is 0.239 e. The highest BCUT2D eigenvalue weighted by atomic mass is 16.2. The molecular weight excluding hydrogens is 220 g/mol. The van der Waals surface area contributed by atoms with Crippen molar-refractivity contribution in [2.45, 2.75) is 19.9 Å². The van der Waals surface area contributed by atoms with Gasteiger partial charge in [-0.05, 0) is 13.8 Å². The molecule has 0 spiro atoms. The van der Waals surface area contributed by atoms with Crippen molar-refractivity contribution in [2.75, 3.05) is 18.5 Å². The van der Waals surface area contributed by atoms with Crippen molar-refractivity contribution in [1.29, 1.82) is 0 Å². The predicted molar refractivity (Wildman–Crippen MR) is 64.0 cm³/mol. The van der Waals surface area contributed by atoms with Gasteiger partial charge in [0.05, 0.1) is 12.1 Å². The minimum Gasteiger partial charge on any atom is -0.352 e. The molecule has 0 bridgehead atoms. The second kappa shape index (κ2) is 5.93. The highest BCUT2D eigenvalue weighted by molar-refractivity contribution is 5.81. The SMILES string of the molecule is CC(C)NC(=O)CN(C)c1ncc(C=O)cn1. The van der Waals surface area contributed by atoms with Crippen molar-refractivity contribution in [3.8, 4) is 0 Å². The Morgan fingerprint density at radius 1 is 1.47 bits per heavy atom. The second-order valence-electron chi connectivity index (χ2n) is 4.01. The first-order chi connectivity index (χ1) is 8.02. The Balaban J connectivity index is 2.59. The van der Waals surface area contributed by atoms with E-state index in [1.54, 1.807) is 11.9 Å². The summed E-state index contributed by atoms with van der Waals surface area (Å²) in [4.78, 5) is 31.5. The van der Waals surface area contributed by atoms with Gasteiger partial charge in [0.1, 0.15) is 0 Å². The lowest BCUT2D eigenvalue weighted by Crippen LogP contribution is -2.39. The van der Waals surface area contributed by atoms with E-state index in [1.165, 1.54) is 12.4 Å².